The van der Waals surface area contributed by atoms with Crippen LogP contribution in [0.15, 0.2) is 24.3 Å². The van der Waals surface area contributed by atoms with Crippen LogP contribution in [-0.2, 0) is 9.78 Å². The molecule has 1 rings (SSSR count). The van der Waals surface area contributed by atoms with E-state index in [4.69, 9.17) is 10.5 Å². The fourth-order valence-electron chi connectivity index (χ4n) is 5.69. The van der Waals surface area contributed by atoms with Gasteiger partial charge in [-0.2, -0.15) is 0 Å². The Hall–Kier alpha value is -0.680. The molecule has 2 N–H and O–H groups in total. The topological polar surface area (TPSA) is 58.9 Å². The first-order valence-electron chi connectivity index (χ1n) is 14.7. The molecule has 0 spiro atoms. The van der Waals surface area contributed by atoms with Crippen molar-refractivity contribution in [1.29, 1.82) is 0 Å². The molecule has 0 heterocycles. The summed E-state index contributed by atoms with van der Waals surface area (Å²) in [5, 5.41) is 17.2. The summed E-state index contributed by atoms with van der Waals surface area (Å²) in [6, 6.07) is 0. The third-order valence-corrected chi connectivity index (χ3v) is 7.68. The van der Waals surface area contributed by atoms with Crippen LogP contribution in [0.25, 0.3) is 0 Å². The zero-order valence-electron chi connectivity index (χ0n) is 22.5. The molecule has 0 saturated carbocycles. The summed E-state index contributed by atoms with van der Waals surface area (Å²) in [5.41, 5.74) is 0. The maximum absolute atomic E-state index is 8.73. The summed E-state index contributed by atoms with van der Waals surface area (Å²) in [4.78, 5) is 8.48. The van der Waals surface area contributed by atoms with Crippen LogP contribution < -0.4 is 0 Å². The van der Waals surface area contributed by atoms with Crippen molar-refractivity contribution in [2.24, 2.45) is 23.7 Å². The van der Waals surface area contributed by atoms with Crippen molar-refractivity contribution in [3.05, 3.63) is 24.3 Å². The van der Waals surface area contributed by atoms with Gasteiger partial charge >= 0.3 is 0 Å². The van der Waals surface area contributed by atoms with Gasteiger partial charge in [0.1, 0.15) is 0 Å². The SMILES string of the molecule is CCCCCCC1C=C[C@@H](CCCCCCCCOO)C(C=CCCOO)C1CCCCCC. The summed E-state index contributed by atoms with van der Waals surface area (Å²) in [5.74, 6) is 2.71. The van der Waals surface area contributed by atoms with Gasteiger partial charge in [0, 0.05) is 0 Å². The minimum atomic E-state index is 0.382. The van der Waals surface area contributed by atoms with E-state index in [0.29, 0.717) is 31.0 Å². The number of hydrogen-bond acceptors (Lipinski definition) is 4. The van der Waals surface area contributed by atoms with Crippen molar-refractivity contribution in [2.75, 3.05) is 13.2 Å². The summed E-state index contributed by atoms with van der Waals surface area (Å²) in [6.07, 6.45) is 32.5. The first-order valence-corrected chi connectivity index (χ1v) is 14.7. The van der Waals surface area contributed by atoms with Crippen LogP contribution in [0.2, 0.25) is 0 Å². The predicted molar refractivity (Wildman–Crippen MR) is 144 cm³/mol. The Morgan fingerprint density at radius 1 is 0.618 bits per heavy atom. The lowest BCUT2D eigenvalue weighted by molar-refractivity contribution is -0.242. The van der Waals surface area contributed by atoms with Gasteiger partial charge in [0.05, 0.1) is 13.2 Å². The van der Waals surface area contributed by atoms with E-state index >= 15 is 0 Å². The molecular formula is C30H56O4. The van der Waals surface area contributed by atoms with E-state index in [0.717, 1.165) is 25.2 Å². The van der Waals surface area contributed by atoms with E-state index in [2.05, 4.69) is 47.9 Å². The van der Waals surface area contributed by atoms with Gasteiger partial charge in [-0.1, -0.05) is 122 Å². The van der Waals surface area contributed by atoms with Crippen molar-refractivity contribution >= 4 is 0 Å². The Morgan fingerprint density at radius 3 is 1.79 bits per heavy atom. The smallest absolute Gasteiger partial charge is 0.0854 e. The van der Waals surface area contributed by atoms with E-state index < -0.39 is 0 Å². The molecule has 0 fully saturated rings. The molecule has 0 amide bonds. The molecule has 4 heteroatoms. The van der Waals surface area contributed by atoms with E-state index in [1.165, 1.54) is 96.3 Å². The molecule has 0 aromatic rings. The van der Waals surface area contributed by atoms with Gasteiger partial charge in [0.2, 0.25) is 0 Å². The van der Waals surface area contributed by atoms with Gasteiger partial charge < -0.3 is 0 Å². The van der Waals surface area contributed by atoms with Gasteiger partial charge in [-0.05, 0) is 55.8 Å². The molecule has 0 aromatic heterocycles. The highest BCUT2D eigenvalue weighted by Gasteiger charge is 2.33. The summed E-state index contributed by atoms with van der Waals surface area (Å²) in [7, 11) is 0. The van der Waals surface area contributed by atoms with Gasteiger partial charge in [-0.3, -0.25) is 10.5 Å². The highest BCUT2D eigenvalue weighted by atomic mass is 17.1. The van der Waals surface area contributed by atoms with Gasteiger partial charge in [0.15, 0.2) is 0 Å². The highest BCUT2D eigenvalue weighted by molar-refractivity contribution is 5.10. The second-order valence-corrected chi connectivity index (χ2v) is 10.4. The van der Waals surface area contributed by atoms with Gasteiger partial charge in [-0.15, -0.1) is 0 Å². The molecule has 3 unspecified atom stereocenters. The molecule has 34 heavy (non-hydrogen) atoms. The zero-order chi connectivity index (χ0) is 24.7. The Kier molecular flexibility index (Phi) is 21.0. The number of hydrogen-bond donors (Lipinski definition) is 2. The van der Waals surface area contributed by atoms with Crippen LogP contribution in [0, 0.1) is 23.7 Å². The second kappa shape index (κ2) is 22.8. The van der Waals surface area contributed by atoms with Crippen LogP contribution in [0.3, 0.4) is 0 Å². The largest absolute Gasteiger partial charge is 0.252 e. The predicted octanol–water partition coefficient (Wildman–Crippen LogP) is 9.62. The first kappa shape index (κ1) is 31.4. The molecule has 0 bridgehead atoms. The average molecular weight is 481 g/mol. The quantitative estimate of drug-likeness (QED) is 0.0661. The average Bonchev–Trinajstić information content (AvgIpc) is 2.85. The minimum Gasteiger partial charge on any atom is -0.252 e. The molecule has 0 aromatic carbocycles. The van der Waals surface area contributed by atoms with E-state index in [-0.39, 0.29) is 0 Å². The van der Waals surface area contributed by atoms with Crippen molar-refractivity contribution in [2.45, 2.75) is 129 Å². The normalized spacial score (nSPS) is 22.7. The molecule has 200 valence electrons. The number of rotatable bonds is 23. The lowest BCUT2D eigenvalue weighted by Gasteiger charge is -2.39. The number of unbranched alkanes of at least 4 members (excludes halogenated alkanes) is 11. The van der Waals surface area contributed by atoms with Crippen molar-refractivity contribution in [3.63, 3.8) is 0 Å². The maximum Gasteiger partial charge on any atom is 0.0854 e. The van der Waals surface area contributed by atoms with Crippen molar-refractivity contribution in [3.8, 4) is 0 Å². The maximum atomic E-state index is 8.73. The lowest BCUT2D eigenvalue weighted by atomic mass is 9.66. The monoisotopic (exact) mass is 480 g/mol. The van der Waals surface area contributed by atoms with Gasteiger partial charge in [-0.25, -0.2) is 9.78 Å². The molecule has 1 aliphatic carbocycles. The Labute approximate surface area is 211 Å². The van der Waals surface area contributed by atoms with Crippen LogP contribution >= 0.6 is 0 Å². The Morgan fingerprint density at radius 2 is 1.15 bits per heavy atom. The molecule has 1 aliphatic rings. The van der Waals surface area contributed by atoms with E-state index in [9.17, 15) is 0 Å². The Bertz CT molecular complexity index is 490. The fraction of sp³-hybridized carbons (Fsp3) is 0.867. The second-order valence-electron chi connectivity index (χ2n) is 10.4. The Balaban J connectivity index is 2.73. The van der Waals surface area contributed by atoms with Crippen molar-refractivity contribution < 1.29 is 20.3 Å². The first-order chi connectivity index (χ1) is 16.8. The van der Waals surface area contributed by atoms with E-state index in [1.807, 2.05) is 0 Å². The lowest BCUT2D eigenvalue weighted by Crippen LogP contribution is -2.31. The minimum absolute atomic E-state index is 0.382. The van der Waals surface area contributed by atoms with E-state index in [1.54, 1.807) is 0 Å². The molecule has 0 aliphatic heterocycles. The van der Waals surface area contributed by atoms with Crippen molar-refractivity contribution in [1.82, 2.24) is 0 Å². The third-order valence-electron chi connectivity index (χ3n) is 7.68. The summed E-state index contributed by atoms with van der Waals surface area (Å²) in [6.45, 7) is 5.43. The number of allylic oxidation sites excluding steroid dienone is 3. The molecule has 0 saturated heterocycles. The van der Waals surface area contributed by atoms with Gasteiger partial charge in [0.25, 0.3) is 0 Å². The highest BCUT2D eigenvalue weighted by Crippen LogP contribution is 2.42. The molecule has 0 radical (unpaired) electrons. The van der Waals surface area contributed by atoms with Crippen LogP contribution in [0.5, 0.6) is 0 Å². The van der Waals surface area contributed by atoms with Crippen LogP contribution in [-0.4, -0.2) is 23.7 Å². The molecular weight excluding hydrogens is 424 g/mol. The third kappa shape index (κ3) is 14.7. The van der Waals surface area contributed by atoms with Crippen LogP contribution in [0.1, 0.15) is 129 Å². The zero-order valence-corrected chi connectivity index (χ0v) is 22.5. The summed E-state index contributed by atoms with van der Waals surface area (Å²) >= 11 is 0. The van der Waals surface area contributed by atoms with Crippen LogP contribution in [0.4, 0.5) is 0 Å². The standard InChI is InChI=1S/C30H56O4/c1-3-5-7-13-19-27-23-24-28(20-14-11-9-10-12-17-25-33-31)30(22-16-18-26-34-32)29(27)21-15-8-6-4-2/h16,22-24,27-32H,3-15,17-21,25-26H2,1-2H3/t27?,28-,29?,30?/m1/s1. The fourth-order valence-corrected chi connectivity index (χ4v) is 5.69. The summed E-state index contributed by atoms with van der Waals surface area (Å²) < 4.78 is 0. The molecule has 4 nitrogen and oxygen atoms in total. The molecule has 4 atom stereocenters.